The fourth-order valence-corrected chi connectivity index (χ4v) is 5.38. The number of hydrogen-bond donors (Lipinski definition) is 3. The molecule has 2 atom stereocenters. The van der Waals surface area contributed by atoms with Crippen molar-refractivity contribution in [1.82, 2.24) is 15.6 Å². The number of benzene rings is 2. The molecule has 0 unspecified atom stereocenters. The number of alkyl halides is 1. The summed E-state index contributed by atoms with van der Waals surface area (Å²) < 4.78 is 40.9. The number of halogens is 2. The summed E-state index contributed by atoms with van der Waals surface area (Å²) in [7, 11) is 0. The van der Waals surface area contributed by atoms with Crippen molar-refractivity contribution in [1.29, 1.82) is 5.26 Å². The van der Waals surface area contributed by atoms with Gasteiger partial charge in [-0.25, -0.2) is 8.78 Å². The Morgan fingerprint density at radius 2 is 1.93 bits per heavy atom. The first kappa shape index (κ1) is 26.9. The van der Waals surface area contributed by atoms with E-state index in [1.54, 1.807) is 24.4 Å². The predicted molar refractivity (Wildman–Crippen MR) is 151 cm³/mol. The topological polar surface area (TPSA) is 112 Å². The lowest BCUT2D eigenvalue weighted by Crippen LogP contribution is -2.50. The summed E-state index contributed by atoms with van der Waals surface area (Å²) in [5.41, 5.74) is 4.02. The quantitative estimate of drug-likeness (QED) is 0.299. The van der Waals surface area contributed by atoms with E-state index in [2.05, 4.69) is 27.0 Å². The molecule has 0 saturated carbocycles. The van der Waals surface area contributed by atoms with Gasteiger partial charge in [0, 0.05) is 49.2 Å². The molecule has 10 heteroatoms. The van der Waals surface area contributed by atoms with Crippen LogP contribution < -0.4 is 16.0 Å². The van der Waals surface area contributed by atoms with Gasteiger partial charge in [0.2, 0.25) is 0 Å². The molecule has 2 aromatic carbocycles. The van der Waals surface area contributed by atoms with E-state index >= 15 is 4.39 Å². The van der Waals surface area contributed by atoms with Gasteiger partial charge in [-0.1, -0.05) is 6.07 Å². The monoisotopic (exact) mass is 557 g/mol. The highest BCUT2D eigenvalue weighted by Gasteiger charge is 2.27. The van der Waals surface area contributed by atoms with Crippen LogP contribution in [0.5, 0.6) is 0 Å². The molecule has 2 aliphatic heterocycles. The normalized spacial score (nSPS) is 19.5. The Morgan fingerprint density at radius 3 is 2.71 bits per heavy atom. The van der Waals surface area contributed by atoms with Gasteiger partial charge < -0.3 is 25.1 Å². The van der Waals surface area contributed by atoms with Crippen molar-refractivity contribution < 1.29 is 22.7 Å². The number of carbonyl (C=O) groups is 1. The lowest BCUT2D eigenvalue weighted by molar-refractivity contribution is 0.0891. The molecule has 2 fully saturated rings. The fourth-order valence-electron chi connectivity index (χ4n) is 5.38. The third-order valence-electron chi connectivity index (χ3n) is 7.67. The second kappa shape index (κ2) is 11.6. The smallest absolute Gasteiger partial charge is 0.251 e. The Labute approximate surface area is 235 Å². The fraction of sp³-hybridized carbons (Fsp3) is 0.323. The maximum absolute atomic E-state index is 15.2. The average molecular weight is 558 g/mol. The SMILES string of the molecule is N#Cc1cc(-c2ccnc3cc(-c4ccc(C(=O)N[C@H]5CCNC[C@H]5F)cc4F)oc23)ccc1NC1CCOCC1. The van der Waals surface area contributed by atoms with Gasteiger partial charge in [0.25, 0.3) is 5.91 Å². The summed E-state index contributed by atoms with van der Waals surface area (Å²) in [6.45, 7) is 2.18. The van der Waals surface area contributed by atoms with E-state index in [0.717, 1.165) is 35.7 Å². The van der Waals surface area contributed by atoms with Crippen LogP contribution in [0.4, 0.5) is 14.5 Å². The Kier molecular flexibility index (Phi) is 7.63. The minimum absolute atomic E-state index is 0.102. The molecule has 3 N–H and O–H groups in total. The Balaban J connectivity index is 1.26. The molecule has 2 aliphatic rings. The number of piperidine rings is 1. The number of carbonyl (C=O) groups excluding carboxylic acids is 1. The second-order valence-corrected chi connectivity index (χ2v) is 10.4. The van der Waals surface area contributed by atoms with Crippen LogP contribution in [0.15, 0.2) is 59.1 Å². The highest BCUT2D eigenvalue weighted by Crippen LogP contribution is 2.36. The molecule has 0 radical (unpaired) electrons. The van der Waals surface area contributed by atoms with Gasteiger partial charge in [0.05, 0.1) is 22.9 Å². The molecule has 210 valence electrons. The molecule has 2 saturated heterocycles. The van der Waals surface area contributed by atoms with Crippen molar-refractivity contribution >= 4 is 22.7 Å². The second-order valence-electron chi connectivity index (χ2n) is 10.4. The number of hydrogen-bond acceptors (Lipinski definition) is 7. The van der Waals surface area contributed by atoms with E-state index in [9.17, 15) is 14.4 Å². The molecule has 0 bridgehead atoms. The largest absolute Gasteiger partial charge is 0.454 e. The van der Waals surface area contributed by atoms with E-state index in [0.29, 0.717) is 42.8 Å². The molecular formula is C31H29F2N5O3. The third-order valence-corrected chi connectivity index (χ3v) is 7.67. The highest BCUT2D eigenvalue weighted by atomic mass is 19.1. The standard InChI is InChI=1S/C31H29F2N5O3/c32-24-14-19(31(39)38-27-6-9-35-17-25(27)33)1-3-23(24)29-15-28-30(41-29)22(5-10-36-28)18-2-4-26(20(13-18)16-34)37-21-7-11-40-12-8-21/h1-5,10,13-15,21,25,27,35,37H,6-9,11-12,17H2,(H,38,39)/t25-,27+/m1/s1. The molecule has 41 heavy (non-hydrogen) atoms. The van der Waals surface area contributed by atoms with Gasteiger partial charge in [0.1, 0.15) is 29.3 Å². The number of nitriles is 1. The van der Waals surface area contributed by atoms with Crippen molar-refractivity contribution in [3.8, 4) is 28.5 Å². The number of rotatable bonds is 6. The summed E-state index contributed by atoms with van der Waals surface area (Å²) in [6, 6.07) is 15.1. The van der Waals surface area contributed by atoms with E-state index in [1.165, 1.54) is 12.1 Å². The molecule has 8 nitrogen and oxygen atoms in total. The van der Waals surface area contributed by atoms with Gasteiger partial charge in [-0.2, -0.15) is 5.26 Å². The third kappa shape index (κ3) is 5.64. The molecule has 1 amide bonds. The van der Waals surface area contributed by atoms with E-state index in [1.807, 2.05) is 12.1 Å². The minimum Gasteiger partial charge on any atom is -0.454 e. The summed E-state index contributed by atoms with van der Waals surface area (Å²) in [5, 5.41) is 18.9. The molecule has 4 heterocycles. The van der Waals surface area contributed by atoms with Gasteiger partial charge >= 0.3 is 0 Å². The molecule has 2 aromatic heterocycles. The summed E-state index contributed by atoms with van der Waals surface area (Å²) in [6.07, 6.45) is 2.67. The molecular weight excluding hydrogens is 528 g/mol. The number of aromatic nitrogens is 1. The number of pyridine rings is 1. The van der Waals surface area contributed by atoms with Crippen LogP contribution >= 0.6 is 0 Å². The lowest BCUT2D eigenvalue weighted by Gasteiger charge is -2.27. The maximum Gasteiger partial charge on any atom is 0.251 e. The first-order valence-electron chi connectivity index (χ1n) is 13.7. The highest BCUT2D eigenvalue weighted by molar-refractivity contribution is 5.96. The zero-order chi connectivity index (χ0) is 28.3. The van der Waals surface area contributed by atoms with E-state index in [4.69, 9.17) is 9.15 Å². The van der Waals surface area contributed by atoms with Crippen LogP contribution in [0.2, 0.25) is 0 Å². The van der Waals surface area contributed by atoms with Crippen molar-refractivity contribution in [3.05, 3.63) is 71.7 Å². The Bertz CT molecular complexity index is 1630. The van der Waals surface area contributed by atoms with Crippen LogP contribution in [0.1, 0.15) is 35.2 Å². The van der Waals surface area contributed by atoms with Crippen molar-refractivity contribution in [3.63, 3.8) is 0 Å². The van der Waals surface area contributed by atoms with Crippen molar-refractivity contribution in [2.45, 2.75) is 37.5 Å². The zero-order valence-corrected chi connectivity index (χ0v) is 22.3. The summed E-state index contributed by atoms with van der Waals surface area (Å²) >= 11 is 0. The lowest BCUT2D eigenvalue weighted by atomic mass is 10.0. The number of amides is 1. The first-order chi connectivity index (χ1) is 20.0. The Hall–Kier alpha value is -4.33. The Morgan fingerprint density at radius 1 is 1.07 bits per heavy atom. The number of nitrogens with one attached hydrogen (secondary N) is 3. The first-order valence-corrected chi connectivity index (χ1v) is 13.7. The summed E-state index contributed by atoms with van der Waals surface area (Å²) in [4.78, 5) is 17.0. The van der Waals surface area contributed by atoms with Crippen molar-refractivity contribution in [2.24, 2.45) is 0 Å². The summed E-state index contributed by atoms with van der Waals surface area (Å²) in [5.74, 6) is -0.915. The predicted octanol–water partition coefficient (Wildman–Crippen LogP) is 5.19. The van der Waals surface area contributed by atoms with Crippen LogP contribution in [-0.2, 0) is 4.74 Å². The van der Waals surface area contributed by atoms with Gasteiger partial charge in [-0.15, -0.1) is 0 Å². The molecule has 6 rings (SSSR count). The van der Waals surface area contributed by atoms with Crippen LogP contribution in [0.3, 0.4) is 0 Å². The van der Waals surface area contributed by atoms with Crippen LogP contribution in [0, 0.1) is 17.1 Å². The van der Waals surface area contributed by atoms with E-state index in [-0.39, 0.29) is 29.5 Å². The van der Waals surface area contributed by atoms with Crippen LogP contribution in [-0.4, -0.2) is 55.4 Å². The molecule has 0 aliphatic carbocycles. The molecule has 4 aromatic rings. The van der Waals surface area contributed by atoms with Gasteiger partial charge in [0.15, 0.2) is 5.58 Å². The minimum atomic E-state index is -1.20. The number of ether oxygens (including phenoxy) is 1. The average Bonchev–Trinajstić information content (AvgIpc) is 3.43. The van der Waals surface area contributed by atoms with Gasteiger partial charge in [-0.05, 0) is 67.8 Å². The number of furan rings is 1. The number of fused-ring (bicyclic) bond motifs is 1. The van der Waals surface area contributed by atoms with Crippen LogP contribution in [0.25, 0.3) is 33.6 Å². The zero-order valence-electron chi connectivity index (χ0n) is 22.3. The van der Waals surface area contributed by atoms with E-state index < -0.39 is 23.9 Å². The number of nitrogens with zero attached hydrogens (tertiary/aromatic N) is 2. The van der Waals surface area contributed by atoms with Crippen molar-refractivity contribution in [2.75, 3.05) is 31.6 Å². The number of anilines is 1. The van der Waals surface area contributed by atoms with Gasteiger partial charge in [-0.3, -0.25) is 9.78 Å². The molecule has 0 spiro atoms. The maximum atomic E-state index is 15.2.